The molecule has 0 fully saturated rings. The number of benzene rings is 9. The van der Waals surface area contributed by atoms with E-state index in [1.165, 1.54) is 30.3 Å². The number of halogens is 3. The highest BCUT2D eigenvalue weighted by molar-refractivity contribution is 6.13. The minimum Gasteiger partial charge on any atom is -0.309 e. The maximum Gasteiger partial charge on any atom is 0.417 e. The lowest BCUT2D eigenvalue weighted by Gasteiger charge is -2.21. The van der Waals surface area contributed by atoms with Crippen LogP contribution in [0.2, 0.25) is 0 Å². The van der Waals surface area contributed by atoms with Crippen LogP contribution in [-0.4, -0.2) is 9.13 Å². The van der Waals surface area contributed by atoms with Crippen LogP contribution >= 0.6 is 0 Å². The average molecular weight is 970 g/mol. The molecule has 0 bridgehead atoms. The highest BCUT2D eigenvalue weighted by atomic mass is 19.4. The first-order valence-corrected chi connectivity index (χ1v) is 23.1. The van der Waals surface area contributed by atoms with Crippen molar-refractivity contribution < 1.29 is 13.2 Å². The molecule has 0 aliphatic heterocycles. The van der Waals surface area contributed by atoms with Gasteiger partial charge in [-0.25, -0.2) is 14.5 Å². The Bertz CT molecular complexity index is 4570. The predicted molar refractivity (Wildman–Crippen MR) is 284 cm³/mol. The van der Waals surface area contributed by atoms with Gasteiger partial charge in [0.2, 0.25) is 0 Å². The highest BCUT2D eigenvalue weighted by Gasteiger charge is 2.35. The number of aryl methyl sites for hydroxylation is 1. The second kappa shape index (κ2) is 17.9. The summed E-state index contributed by atoms with van der Waals surface area (Å²) in [5.41, 5.74) is 8.13. The van der Waals surface area contributed by atoms with E-state index in [0.29, 0.717) is 61.4 Å². The molecule has 9 nitrogen and oxygen atoms in total. The summed E-state index contributed by atoms with van der Waals surface area (Å²) < 4.78 is 49.2. The number of hydrogen-bond donors (Lipinski definition) is 0. The quantitative estimate of drug-likeness (QED) is 0.154. The Hall–Kier alpha value is -11.2. The lowest BCUT2D eigenvalue weighted by molar-refractivity contribution is -0.137. The van der Waals surface area contributed by atoms with Crippen LogP contribution in [0.5, 0.6) is 0 Å². The van der Waals surface area contributed by atoms with Gasteiger partial charge in [-0.15, -0.1) is 0 Å². The Balaban J connectivity index is 1.23. The molecular formula is C63H30F3N9. The summed E-state index contributed by atoms with van der Waals surface area (Å²) in [5, 5.41) is 43.9. The summed E-state index contributed by atoms with van der Waals surface area (Å²) >= 11 is 0. The van der Waals surface area contributed by atoms with Crippen molar-refractivity contribution in [3.63, 3.8) is 0 Å². The minimum absolute atomic E-state index is 0.00138. The number of nitrogens with zero attached hydrogens (tertiary/aromatic N) is 9. The lowest BCUT2D eigenvalue weighted by atomic mass is 9.90. The molecule has 2 heterocycles. The Labute approximate surface area is 426 Å². The van der Waals surface area contributed by atoms with Crippen molar-refractivity contribution in [1.82, 2.24) is 9.13 Å². The Morgan fingerprint density at radius 2 is 0.947 bits per heavy atom. The van der Waals surface area contributed by atoms with Gasteiger partial charge in [0.25, 0.3) is 0 Å². The van der Waals surface area contributed by atoms with E-state index < -0.39 is 11.7 Å². The van der Waals surface area contributed by atoms with E-state index in [0.717, 1.165) is 38.6 Å². The van der Waals surface area contributed by atoms with Crippen LogP contribution in [0.15, 0.2) is 164 Å². The van der Waals surface area contributed by atoms with Gasteiger partial charge in [0.05, 0.1) is 94.1 Å². The van der Waals surface area contributed by atoms with Gasteiger partial charge in [-0.3, -0.25) is 0 Å². The Morgan fingerprint density at radius 1 is 0.440 bits per heavy atom. The molecule has 11 aromatic rings. The molecule has 0 aliphatic carbocycles. The largest absolute Gasteiger partial charge is 0.417 e. The summed E-state index contributed by atoms with van der Waals surface area (Å²) in [6.07, 6.45) is -4.70. The second-order valence-corrected chi connectivity index (χ2v) is 17.7. The fraction of sp³-hybridized carbons (Fsp3) is 0.0317. The first kappa shape index (κ1) is 46.2. The van der Waals surface area contributed by atoms with Gasteiger partial charge in [-0.05, 0) is 126 Å². The van der Waals surface area contributed by atoms with Crippen LogP contribution in [0.25, 0.3) is 114 Å². The normalized spacial score (nSPS) is 11.1. The summed E-state index contributed by atoms with van der Waals surface area (Å²) in [5.74, 6) is 0. The standard InChI is InChI=1S/C63H30F3N9/c1-36-10-9-13-51(63(64,65)66)60(36)39-17-21-59(75-55-15-8-6-12-46(55)49-30-41(19-23-58(49)75)62-43(35-70)27-44(71-2)31-53(62)73-4)50(28-39)47-25-37(32-67)16-20-56(47)74-54-14-7-5-11-45(54)48-29-40(18-22-57(48)74)61-42(34-69)24-38(33-68)26-52(61)72-3/h5-31H,1H3. The maximum atomic E-state index is 15.0. The topological polar surface area (TPSA) is 118 Å². The van der Waals surface area contributed by atoms with E-state index in [2.05, 4.69) is 32.7 Å². The third-order valence-corrected chi connectivity index (χ3v) is 13.6. The number of alkyl halides is 3. The molecule has 9 aromatic carbocycles. The molecule has 0 saturated carbocycles. The maximum absolute atomic E-state index is 15.0. The monoisotopic (exact) mass is 969 g/mol. The van der Waals surface area contributed by atoms with Crippen LogP contribution in [0.3, 0.4) is 0 Å². The fourth-order valence-corrected chi connectivity index (χ4v) is 10.5. The molecule has 348 valence electrons. The van der Waals surface area contributed by atoms with Crippen molar-refractivity contribution in [2.24, 2.45) is 0 Å². The molecular weight excluding hydrogens is 940 g/mol. The number of aromatic nitrogens is 2. The second-order valence-electron chi connectivity index (χ2n) is 17.7. The van der Waals surface area contributed by atoms with Crippen molar-refractivity contribution >= 4 is 60.7 Å². The molecule has 0 spiro atoms. The Kier molecular flexibility index (Phi) is 11.0. The molecule has 2 aromatic heterocycles. The van der Waals surface area contributed by atoms with Gasteiger partial charge in [-0.2, -0.15) is 34.2 Å². The van der Waals surface area contributed by atoms with Crippen LogP contribution in [0.4, 0.5) is 30.2 Å². The van der Waals surface area contributed by atoms with Crippen LogP contribution in [0.1, 0.15) is 33.4 Å². The van der Waals surface area contributed by atoms with Crippen molar-refractivity contribution in [1.29, 1.82) is 21.0 Å². The molecule has 0 amide bonds. The van der Waals surface area contributed by atoms with Crippen LogP contribution in [0, 0.1) is 72.0 Å². The highest BCUT2D eigenvalue weighted by Crippen LogP contribution is 2.47. The zero-order chi connectivity index (χ0) is 52.3. The van der Waals surface area contributed by atoms with E-state index in [-0.39, 0.29) is 50.4 Å². The minimum atomic E-state index is -4.70. The zero-order valence-corrected chi connectivity index (χ0v) is 39.2. The third-order valence-electron chi connectivity index (χ3n) is 13.6. The fourth-order valence-electron chi connectivity index (χ4n) is 10.5. The summed E-state index contributed by atoms with van der Waals surface area (Å²) in [6, 6.07) is 55.6. The van der Waals surface area contributed by atoms with Gasteiger partial charge < -0.3 is 9.13 Å². The molecule has 0 saturated heterocycles. The van der Waals surface area contributed by atoms with E-state index in [9.17, 15) is 21.0 Å². The molecule has 0 radical (unpaired) electrons. The lowest BCUT2D eigenvalue weighted by Crippen LogP contribution is -2.08. The molecule has 12 heteroatoms. The smallest absolute Gasteiger partial charge is 0.309 e. The molecule has 0 unspecified atom stereocenters. The molecule has 75 heavy (non-hydrogen) atoms. The number of hydrogen-bond acceptors (Lipinski definition) is 4. The van der Waals surface area contributed by atoms with Crippen molar-refractivity contribution in [3.8, 4) is 80.2 Å². The van der Waals surface area contributed by atoms with Crippen molar-refractivity contribution in [2.45, 2.75) is 13.1 Å². The molecule has 11 rings (SSSR count). The van der Waals surface area contributed by atoms with Gasteiger partial charge in [0, 0.05) is 54.9 Å². The summed E-state index contributed by atoms with van der Waals surface area (Å²) in [6.45, 7) is 25.2. The van der Waals surface area contributed by atoms with Crippen molar-refractivity contribution in [3.05, 3.63) is 231 Å². The SMILES string of the molecule is [C-]#[N+]c1cc(C#N)c(-c2ccc3c(c2)c2ccccc2n3-c2ccc(-c3c(C)cccc3C(F)(F)F)cc2-c2cc(C#N)ccc2-n2c3ccccc3c3cc(-c4c(C#N)cc(C#N)cc4[N+]#[C-])ccc32)c([N+]#[C-])c1. The van der Waals surface area contributed by atoms with E-state index >= 15 is 13.2 Å². The van der Waals surface area contributed by atoms with Gasteiger partial charge >= 0.3 is 6.18 Å². The van der Waals surface area contributed by atoms with Gasteiger partial charge in [0.1, 0.15) is 0 Å². The molecule has 0 N–H and O–H groups in total. The number of para-hydroxylation sites is 2. The third kappa shape index (κ3) is 7.43. The van der Waals surface area contributed by atoms with Crippen LogP contribution < -0.4 is 0 Å². The van der Waals surface area contributed by atoms with E-state index in [1.54, 1.807) is 43.3 Å². The van der Waals surface area contributed by atoms with E-state index in [1.807, 2.05) is 106 Å². The number of nitriles is 4. The summed E-state index contributed by atoms with van der Waals surface area (Å²) in [7, 11) is 0. The molecule has 0 atom stereocenters. The zero-order valence-electron chi connectivity index (χ0n) is 39.2. The molecule has 0 aliphatic rings. The van der Waals surface area contributed by atoms with Crippen molar-refractivity contribution in [2.75, 3.05) is 0 Å². The first-order chi connectivity index (χ1) is 36.4. The van der Waals surface area contributed by atoms with E-state index in [4.69, 9.17) is 19.7 Å². The summed E-state index contributed by atoms with van der Waals surface area (Å²) in [4.78, 5) is 10.9. The van der Waals surface area contributed by atoms with Gasteiger partial charge in [-0.1, -0.05) is 72.8 Å². The predicted octanol–water partition coefficient (Wildman–Crippen LogP) is 17.0. The Morgan fingerprint density at radius 3 is 1.49 bits per heavy atom. The average Bonchev–Trinajstić information content (AvgIpc) is 3.97. The number of fused-ring (bicyclic) bond motifs is 6. The van der Waals surface area contributed by atoms with Crippen LogP contribution in [-0.2, 0) is 6.18 Å². The number of rotatable bonds is 6. The van der Waals surface area contributed by atoms with Gasteiger partial charge in [0.15, 0.2) is 17.1 Å². The first-order valence-electron chi connectivity index (χ1n) is 23.1.